The minimum Gasteiger partial charge on any atom is -0.497 e. The van der Waals surface area contributed by atoms with Gasteiger partial charge in [0.2, 0.25) is 18.6 Å². The topological polar surface area (TPSA) is 140 Å². The Morgan fingerprint density at radius 2 is 1.86 bits per heavy atom. The number of methoxy groups -OCH3 is 1. The molecule has 0 atom stereocenters. The number of nitrogens with zero attached hydrogens (tertiary/aromatic N) is 4. The van der Waals surface area contributed by atoms with Gasteiger partial charge in [0.25, 0.3) is 5.56 Å². The Kier molecular flexibility index (Phi) is 5.69. The molecule has 2 aromatic heterocycles. The van der Waals surface area contributed by atoms with Crippen molar-refractivity contribution < 1.29 is 23.5 Å². The molecule has 0 bridgehead atoms. The molecule has 1 N–H and O–H groups in total. The second-order valence-corrected chi connectivity index (χ2v) is 7.81. The zero-order chi connectivity index (χ0) is 24.5. The van der Waals surface area contributed by atoms with Crippen LogP contribution in [0.15, 0.2) is 50.5 Å². The summed E-state index contributed by atoms with van der Waals surface area (Å²) in [5.74, 6) is 1.72. The van der Waals surface area contributed by atoms with Gasteiger partial charge in [-0.25, -0.2) is 4.79 Å². The molecule has 0 aliphatic carbocycles. The Hall–Kier alpha value is -4.61. The van der Waals surface area contributed by atoms with Crippen molar-refractivity contribution in [2.24, 2.45) is 0 Å². The van der Waals surface area contributed by atoms with Crippen molar-refractivity contribution in [1.82, 2.24) is 19.3 Å². The number of benzene rings is 2. The van der Waals surface area contributed by atoms with Crippen molar-refractivity contribution in [3.05, 3.63) is 69.0 Å². The van der Waals surface area contributed by atoms with Gasteiger partial charge >= 0.3 is 5.69 Å². The largest absolute Gasteiger partial charge is 0.497 e. The Bertz CT molecular complexity index is 1540. The van der Waals surface area contributed by atoms with Gasteiger partial charge in [-0.2, -0.15) is 4.98 Å². The second-order valence-electron chi connectivity index (χ2n) is 7.81. The van der Waals surface area contributed by atoms with Crippen LogP contribution in [0.4, 0.5) is 5.69 Å². The minimum atomic E-state index is -0.650. The van der Waals surface area contributed by atoms with Crippen LogP contribution in [-0.2, 0) is 24.3 Å². The Labute approximate surface area is 197 Å². The van der Waals surface area contributed by atoms with Crippen LogP contribution < -0.4 is 30.8 Å². The molecule has 0 saturated heterocycles. The van der Waals surface area contributed by atoms with Crippen LogP contribution in [0.2, 0.25) is 0 Å². The fraction of sp³-hybridized carbons (Fsp3) is 0.261. The van der Waals surface area contributed by atoms with Crippen LogP contribution in [0.1, 0.15) is 11.7 Å². The number of carbonyl (C=O) groups excluding carboxylic acids is 1. The number of ether oxygens (including phenoxy) is 3. The van der Waals surface area contributed by atoms with Crippen LogP contribution >= 0.6 is 0 Å². The van der Waals surface area contributed by atoms with Gasteiger partial charge in [0.05, 0.1) is 18.0 Å². The highest BCUT2D eigenvalue weighted by Gasteiger charge is 2.22. The zero-order valence-electron chi connectivity index (χ0n) is 18.9. The summed E-state index contributed by atoms with van der Waals surface area (Å²) in [6, 6.07) is 9.83. The van der Waals surface area contributed by atoms with Crippen molar-refractivity contribution >= 4 is 22.5 Å². The predicted molar refractivity (Wildman–Crippen MR) is 123 cm³/mol. The van der Waals surface area contributed by atoms with Crippen LogP contribution in [0, 0.1) is 6.92 Å². The van der Waals surface area contributed by atoms with Gasteiger partial charge in [0.1, 0.15) is 12.3 Å². The molecular formula is C23H21N5O7. The third-order valence-corrected chi connectivity index (χ3v) is 5.51. The summed E-state index contributed by atoms with van der Waals surface area (Å²) in [5, 5.41) is 6.69. The Balaban J connectivity index is 1.52. The lowest BCUT2D eigenvalue weighted by atomic mass is 10.2. The Morgan fingerprint density at radius 3 is 2.54 bits per heavy atom. The van der Waals surface area contributed by atoms with Crippen molar-refractivity contribution in [3.8, 4) is 17.2 Å². The number of hydrogen-bond acceptors (Lipinski definition) is 9. The first-order valence-corrected chi connectivity index (χ1v) is 10.7. The molecule has 0 saturated carbocycles. The number of rotatable bonds is 7. The van der Waals surface area contributed by atoms with Crippen LogP contribution in [0.3, 0.4) is 0 Å². The number of fused-ring (bicyclic) bond motifs is 2. The molecule has 4 aromatic rings. The van der Waals surface area contributed by atoms with E-state index in [0.717, 1.165) is 4.57 Å². The van der Waals surface area contributed by atoms with E-state index in [2.05, 4.69) is 15.5 Å². The van der Waals surface area contributed by atoms with Crippen molar-refractivity contribution in [2.45, 2.75) is 26.4 Å². The zero-order valence-corrected chi connectivity index (χ0v) is 18.9. The maximum atomic E-state index is 13.4. The van der Waals surface area contributed by atoms with Crippen molar-refractivity contribution in [2.75, 3.05) is 19.2 Å². The number of anilines is 1. The lowest BCUT2D eigenvalue weighted by Gasteiger charge is -2.14. The van der Waals surface area contributed by atoms with Gasteiger partial charge in [-0.05, 0) is 37.3 Å². The fourth-order valence-corrected chi connectivity index (χ4v) is 3.82. The van der Waals surface area contributed by atoms with E-state index < -0.39 is 17.2 Å². The number of nitrogens with one attached hydrogen (secondary N) is 1. The molecule has 12 heteroatoms. The molecule has 0 radical (unpaired) electrons. The first-order chi connectivity index (χ1) is 16.9. The van der Waals surface area contributed by atoms with Gasteiger partial charge < -0.3 is 24.1 Å². The van der Waals surface area contributed by atoms with Gasteiger partial charge in [-0.3, -0.25) is 18.7 Å². The third kappa shape index (κ3) is 4.33. The van der Waals surface area contributed by atoms with E-state index in [-0.39, 0.29) is 37.2 Å². The first kappa shape index (κ1) is 22.2. The molecule has 35 heavy (non-hydrogen) atoms. The summed E-state index contributed by atoms with van der Waals surface area (Å²) in [4.78, 5) is 43.6. The fourth-order valence-electron chi connectivity index (χ4n) is 3.82. The maximum absolute atomic E-state index is 13.4. The summed E-state index contributed by atoms with van der Waals surface area (Å²) >= 11 is 0. The molecule has 5 rings (SSSR count). The molecular weight excluding hydrogens is 458 g/mol. The number of aryl methyl sites for hydroxylation is 2. The molecule has 1 aliphatic rings. The molecule has 2 aromatic carbocycles. The number of amides is 1. The van der Waals surface area contributed by atoms with E-state index in [1.54, 1.807) is 38.3 Å². The number of carbonyl (C=O) groups is 1. The normalized spacial score (nSPS) is 12.2. The van der Waals surface area contributed by atoms with Gasteiger partial charge in [0.15, 0.2) is 17.3 Å². The van der Waals surface area contributed by atoms with Crippen molar-refractivity contribution in [3.63, 3.8) is 0 Å². The number of hydrogen-bond donors (Lipinski definition) is 1. The summed E-state index contributed by atoms with van der Waals surface area (Å²) in [6.45, 7) is 1.33. The maximum Gasteiger partial charge on any atom is 0.331 e. The standard InChI is InChI=1S/C23H21N5O7/c1-13-24-21(35-26-13)7-8-27-22(30)16-9-18-19(34-12-33-18)10-17(16)28(23(27)31)11-20(29)25-14-3-5-15(32-2)6-4-14/h3-6,9-10H,7-8,11-12H2,1-2H3,(H,25,29). The summed E-state index contributed by atoms with van der Waals surface area (Å²) < 4.78 is 23.3. The van der Waals surface area contributed by atoms with Crippen LogP contribution in [-0.4, -0.2) is 39.1 Å². The lowest BCUT2D eigenvalue weighted by Crippen LogP contribution is -2.42. The molecule has 12 nitrogen and oxygen atoms in total. The Morgan fingerprint density at radius 1 is 1.11 bits per heavy atom. The first-order valence-electron chi connectivity index (χ1n) is 10.7. The molecule has 0 fully saturated rings. The smallest absolute Gasteiger partial charge is 0.331 e. The molecule has 180 valence electrons. The quantitative estimate of drug-likeness (QED) is 0.417. The number of aromatic nitrogens is 4. The molecule has 1 aliphatic heterocycles. The van der Waals surface area contributed by atoms with Crippen LogP contribution in [0.25, 0.3) is 10.9 Å². The van der Waals surface area contributed by atoms with Gasteiger partial charge in [-0.15, -0.1) is 0 Å². The van der Waals surface area contributed by atoms with E-state index in [0.29, 0.717) is 34.7 Å². The average molecular weight is 479 g/mol. The average Bonchev–Trinajstić information content (AvgIpc) is 3.49. The molecule has 3 heterocycles. The molecule has 0 spiro atoms. The summed E-state index contributed by atoms with van der Waals surface area (Å²) in [7, 11) is 1.55. The highest BCUT2D eigenvalue weighted by molar-refractivity contribution is 5.92. The van der Waals surface area contributed by atoms with Crippen molar-refractivity contribution in [1.29, 1.82) is 0 Å². The van der Waals surface area contributed by atoms with E-state index >= 15 is 0 Å². The lowest BCUT2D eigenvalue weighted by molar-refractivity contribution is -0.116. The highest BCUT2D eigenvalue weighted by Crippen LogP contribution is 2.34. The van der Waals surface area contributed by atoms with Gasteiger partial charge in [0, 0.05) is 24.7 Å². The minimum absolute atomic E-state index is 0.00144. The summed E-state index contributed by atoms with van der Waals surface area (Å²) in [5.41, 5.74) is -0.376. The molecule has 1 amide bonds. The van der Waals surface area contributed by atoms with E-state index in [1.165, 1.54) is 16.7 Å². The van der Waals surface area contributed by atoms with E-state index in [9.17, 15) is 14.4 Å². The monoisotopic (exact) mass is 479 g/mol. The highest BCUT2D eigenvalue weighted by atomic mass is 16.7. The third-order valence-electron chi connectivity index (χ3n) is 5.51. The SMILES string of the molecule is COc1ccc(NC(=O)Cn2c(=O)n(CCc3nc(C)no3)c(=O)c3cc4c(cc32)OCO4)cc1. The van der Waals surface area contributed by atoms with Gasteiger partial charge in [-0.1, -0.05) is 5.16 Å². The summed E-state index contributed by atoms with van der Waals surface area (Å²) in [6.07, 6.45) is 0.171. The van der Waals surface area contributed by atoms with Crippen LogP contribution in [0.5, 0.6) is 17.2 Å². The molecule has 0 unspecified atom stereocenters. The van der Waals surface area contributed by atoms with E-state index in [1.807, 2.05) is 0 Å². The second kappa shape index (κ2) is 8.97. The predicted octanol–water partition coefficient (Wildman–Crippen LogP) is 1.47. The van der Waals surface area contributed by atoms with E-state index in [4.69, 9.17) is 18.7 Å².